The fourth-order valence-electron chi connectivity index (χ4n) is 3.28. The Kier molecular flexibility index (Phi) is 4.14. The van der Waals surface area contributed by atoms with E-state index in [2.05, 4.69) is 4.90 Å². The summed E-state index contributed by atoms with van der Waals surface area (Å²) in [7, 11) is 0. The van der Waals surface area contributed by atoms with Crippen molar-refractivity contribution >= 4 is 22.0 Å². The number of morpholine rings is 1. The monoisotopic (exact) mass is 312 g/mol. The highest BCUT2D eigenvalue weighted by molar-refractivity contribution is 7.16. The Labute approximate surface area is 127 Å². The SMILES string of the molecule is CC(O)c1cc([N+](=O)[O-])c(N2CCOC3CCCCC32)s1. The average Bonchev–Trinajstić information content (AvgIpc) is 2.92. The van der Waals surface area contributed by atoms with Crippen LogP contribution >= 0.6 is 11.3 Å². The zero-order chi connectivity index (χ0) is 15.0. The number of hydrogen-bond acceptors (Lipinski definition) is 6. The molecule has 0 aromatic carbocycles. The number of aliphatic hydroxyl groups excluding tert-OH is 1. The molecule has 1 N–H and O–H groups in total. The second-order valence-corrected chi connectivity index (χ2v) is 6.79. The molecule has 1 aliphatic heterocycles. The van der Waals surface area contributed by atoms with Gasteiger partial charge in [-0.1, -0.05) is 12.8 Å². The van der Waals surface area contributed by atoms with Crippen molar-refractivity contribution in [2.75, 3.05) is 18.1 Å². The smallest absolute Gasteiger partial charge is 0.304 e. The number of fused-ring (bicyclic) bond motifs is 1. The molecule has 3 atom stereocenters. The quantitative estimate of drug-likeness (QED) is 0.686. The third-order valence-corrected chi connectivity index (χ3v) is 5.65. The summed E-state index contributed by atoms with van der Waals surface area (Å²) < 4.78 is 5.83. The van der Waals surface area contributed by atoms with Gasteiger partial charge in [-0.05, 0) is 19.8 Å². The molecule has 2 fully saturated rings. The number of ether oxygens (including phenoxy) is 1. The lowest BCUT2D eigenvalue weighted by atomic mass is 9.90. The summed E-state index contributed by atoms with van der Waals surface area (Å²) in [6, 6.07) is 1.74. The van der Waals surface area contributed by atoms with E-state index in [4.69, 9.17) is 4.74 Å². The summed E-state index contributed by atoms with van der Waals surface area (Å²) in [6.45, 7) is 2.93. The van der Waals surface area contributed by atoms with E-state index in [9.17, 15) is 15.2 Å². The Morgan fingerprint density at radius 1 is 1.52 bits per heavy atom. The van der Waals surface area contributed by atoms with Crippen molar-refractivity contribution in [1.82, 2.24) is 0 Å². The van der Waals surface area contributed by atoms with Gasteiger partial charge in [-0.2, -0.15) is 0 Å². The standard InChI is InChI=1S/C14H20N2O4S/c1-9(17)13-8-11(16(18)19)14(21-13)15-6-7-20-12-5-3-2-4-10(12)15/h8-10,12,17H,2-7H2,1H3. The molecule has 3 rings (SSSR count). The van der Waals surface area contributed by atoms with E-state index < -0.39 is 6.10 Å². The van der Waals surface area contributed by atoms with E-state index in [0.717, 1.165) is 19.3 Å². The summed E-state index contributed by atoms with van der Waals surface area (Å²) in [6.07, 6.45) is 3.87. The van der Waals surface area contributed by atoms with Gasteiger partial charge in [0.1, 0.15) is 0 Å². The summed E-state index contributed by atoms with van der Waals surface area (Å²) in [5, 5.41) is 21.7. The minimum atomic E-state index is -0.675. The summed E-state index contributed by atoms with van der Waals surface area (Å²) in [5.41, 5.74) is 0.113. The maximum atomic E-state index is 11.3. The van der Waals surface area contributed by atoms with E-state index in [1.807, 2.05) is 0 Å². The molecule has 1 saturated heterocycles. The highest BCUT2D eigenvalue weighted by atomic mass is 32.1. The van der Waals surface area contributed by atoms with Crippen molar-refractivity contribution in [2.24, 2.45) is 0 Å². The molecule has 0 radical (unpaired) electrons. The van der Waals surface area contributed by atoms with Crippen molar-refractivity contribution < 1.29 is 14.8 Å². The van der Waals surface area contributed by atoms with E-state index in [1.54, 1.807) is 6.92 Å². The van der Waals surface area contributed by atoms with Crippen LogP contribution in [0.1, 0.15) is 43.6 Å². The molecule has 1 aromatic rings. The number of hydrogen-bond donors (Lipinski definition) is 1. The van der Waals surface area contributed by atoms with E-state index in [-0.39, 0.29) is 22.8 Å². The first kappa shape index (κ1) is 14.7. The van der Waals surface area contributed by atoms with Crippen LogP contribution in [0.25, 0.3) is 0 Å². The lowest BCUT2D eigenvalue weighted by Gasteiger charge is -2.44. The molecule has 2 heterocycles. The zero-order valence-corrected chi connectivity index (χ0v) is 12.8. The lowest BCUT2D eigenvalue weighted by Crippen LogP contribution is -2.52. The Hall–Kier alpha value is -1.18. The molecule has 2 aliphatic rings. The summed E-state index contributed by atoms with van der Waals surface area (Å²) in [4.78, 5) is 13.8. The molecule has 1 saturated carbocycles. The normalized spacial score (nSPS) is 27.2. The van der Waals surface area contributed by atoms with Crippen LogP contribution in [0.15, 0.2) is 6.07 Å². The molecular formula is C14H20N2O4S. The van der Waals surface area contributed by atoms with Gasteiger partial charge in [0.15, 0.2) is 5.00 Å². The average molecular weight is 312 g/mol. The second kappa shape index (κ2) is 5.90. The van der Waals surface area contributed by atoms with Gasteiger partial charge >= 0.3 is 5.69 Å². The van der Waals surface area contributed by atoms with Crippen molar-refractivity contribution in [3.63, 3.8) is 0 Å². The van der Waals surface area contributed by atoms with Crippen LogP contribution in [-0.2, 0) is 4.74 Å². The van der Waals surface area contributed by atoms with Crippen LogP contribution in [0.3, 0.4) is 0 Å². The topological polar surface area (TPSA) is 75.8 Å². The van der Waals surface area contributed by atoms with E-state index >= 15 is 0 Å². The first-order valence-corrected chi connectivity index (χ1v) is 8.24. The molecule has 0 spiro atoms. The van der Waals surface area contributed by atoms with Crippen LogP contribution < -0.4 is 4.90 Å². The zero-order valence-electron chi connectivity index (χ0n) is 12.0. The number of nitro groups is 1. The van der Waals surface area contributed by atoms with Gasteiger partial charge in [0.2, 0.25) is 0 Å². The van der Waals surface area contributed by atoms with Crippen molar-refractivity contribution in [3.05, 3.63) is 21.1 Å². The van der Waals surface area contributed by atoms with Gasteiger partial charge in [-0.25, -0.2) is 0 Å². The van der Waals surface area contributed by atoms with Gasteiger partial charge < -0.3 is 14.7 Å². The molecule has 0 bridgehead atoms. The van der Waals surface area contributed by atoms with Crippen LogP contribution in [0.5, 0.6) is 0 Å². The van der Waals surface area contributed by atoms with Gasteiger partial charge in [-0.3, -0.25) is 10.1 Å². The van der Waals surface area contributed by atoms with E-state index in [0.29, 0.717) is 23.0 Å². The first-order chi connectivity index (χ1) is 10.1. The fourth-order valence-corrected chi connectivity index (χ4v) is 4.43. The molecule has 0 amide bonds. The second-order valence-electron chi connectivity index (χ2n) is 5.73. The predicted octanol–water partition coefficient (Wildman–Crippen LogP) is 2.86. The molecule has 116 valence electrons. The maximum absolute atomic E-state index is 11.3. The number of nitrogens with zero attached hydrogens (tertiary/aromatic N) is 2. The summed E-state index contributed by atoms with van der Waals surface area (Å²) >= 11 is 1.34. The summed E-state index contributed by atoms with van der Waals surface area (Å²) in [5.74, 6) is 0. The van der Waals surface area contributed by atoms with Crippen molar-refractivity contribution in [2.45, 2.75) is 50.9 Å². The Balaban J connectivity index is 1.95. The Morgan fingerprint density at radius 3 is 3.00 bits per heavy atom. The molecule has 1 aromatic heterocycles. The number of rotatable bonds is 3. The largest absolute Gasteiger partial charge is 0.388 e. The third-order valence-electron chi connectivity index (χ3n) is 4.31. The van der Waals surface area contributed by atoms with Gasteiger partial charge in [-0.15, -0.1) is 11.3 Å². The third kappa shape index (κ3) is 2.77. The Bertz CT molecular complexity index is 529. The van der Waals surface area contributed by atoms with Crippen LogP contribution in [0.4, 0.5) is 10.7 Å². The van der Waals surface area contributed by atoms with Crippen molar-refractivity contribution in [3.8, 4) is 0 Å². The highest BCUT2D eigenvalue weighted by Gasteiger charge is 2.38. The van der Waals surface area contributed by atoms with Gasteiger partial charge in [0.25, 0.3) is 0 Å². The van der Waals surface area contributed by atoms with E-state index in [1.165, 1.54) is 23.8 Å². The molecule has 1 aliphatic carbocycles. The number of anilines is 1. The molecule has 3 unspecified atom stereocenters. The molecule has 6 nitrogen and oxygen atoms in total. The number of aliphatic hydroxyl groups is 1. The molecular weight excluding hydrogens is 292 g/mol. The molecule has 7 heteroatoms. The number of thiophene rings is 1. The van der Waals surface area contributed by atoms with Crippen LogP contribution in [0, 0.1) is 10.1 Å². The lowest BCUT2D eigenvalue weighted by molar-refractivity contribution is -0.383. The fraction of sp³-hybridized carbons (Fsp3) is 0.714. The van der Waals surface area contributed by atoms with Gasteiger partial charge in [0.05, 0.1) is 29.8 Å². The van der Waals surface area contributed by atoms with Crippen LogP contribution in [0.2, 0.25) is 0 Å². The predicted molar refractivity (Wildman–Crippen MR) is 80.9 cm³/mol. The highest BCUT2D eigenvalue weighted by Crippen LogP contribution is 2.43. The first-order valence-electron chi connectivity index (χ1n) is 7.42. The Morgan fingerprint density at radius 2 is 2.29 bits per heavy atom. The minimum Gasteiger partial charge on any atom is -0.388 e. The maximum Gasteiger partial charge on any atom is 0.304 e. The minimum absolute atomic E-state index is 0.113. The van der Waals surface area contributed by atoms with Crippen molar-refractivity contribution in [1.29, 1.82) is 0 Å². The van der Waals surface area contributed by atoms with Gasteiger partial charge in [0, 0.05) is 17.5 Å². The molecule has 21 heavy (non-hydrogen) atoms. The van der Waals surface area contributed by atoms with Crippen LogP contribution in [-0.4, -0.2) is 35.3 Å².